The van der Waals surface area contributed by atoms with E-state index < -0.39 is 0 Å². The minimum Gasteiger partial charge on any atom is -0.308 e. The summed E-state index contributed by atoms with van der Waals surface area (Å²) in [5, 5.41) is 10.8. The fraction of sp³-hybridized carbons (Fsp3) is 0.500. The van der Waals surface area contributed by atoms with Crippen molar-refractivity contribution in [2.45, 2.75) is 32.0 Å². The second-order valence-electron chi connectivity index (χ2n) is 3.98. The highest BCUT2D eigenvalue weighted by Gasteiger charge is 2.20. The van der Waals surface area contributed by atoms with Crippen LogP contribution in [0.25, 0.3) is 0 Å². The zero-order valence-corrected chi connectivity index (χ0v) is 9.65. The summed E-state index contributed by atoms with van der Waals surface area (Å²) in [4.78, 5) is 8.46. The van der Waals surface area contributed by atoms with E-state index in [0.717, 1.165) is 23.3 Å². The Morgan fingerprint density at radius 1 is 1.50 bits per heavy atom. The summed E-state index contributed by atoms with van der Waals surface area (Å²) in [5.41, 5.74) is 1.06. The Morgan fingerprint density at radius 3 is 3.19 bits per heavy atom. The first kappa shape index (κ1) is 9.92. The molecule has 2 heterocycles. The molecular weight excluding hydrogens is 222 g/mol. The largest absolute Gasteiger partial charge is 0.308 e. The zero-order valence-electron chi connectivity index (χ0n) is 8.83. The molecule has 2 aromatic rings. The fourth-order valence-electron chi connectivity index (χ4n) is 1.50. The number of aromatic nitrogens is 4. The molecule has 6 heteroatoms. The van der Waals surface area contributed by atoms with Crippen molar-refractivity contribution >= 4 is 11.3 Å². The van der Waals surface area contributed by atoms with Gasteiger partial charge in [0.05, 0.1) is 12.2 Å². The monoisotopic (exact) mass is 235 g/mol. The van der Waals surface area contributed by atoms with Crippen LogP contribution < -0.4 is 5.32 Å². The first-order valence-corrected chi connectivity index (χ1v) is 6.27. The summed E-state index contributed by atoms with van der Waals surface area (Å²) in [7, 11) is 0. The van der Waals surface area contributed by atoms with Gasteiger partial charge in [0.25, 0.3) is 0 Å². The SMILES string of the molecule is c1ncn(Cc2csc(CNC3CC3)n2)n1. The Balaban J connectivity index is 1.58. The minimum absolute atomic E-state index is 0.708. The van der Waals surface area contributed by atoms with Gasteiger partial charge in [0.2, 0.25) is 0 Å². The molecule has 16 heavy (non-hydrogen) atoms. The maximum absolute atomic E-state index is 4.55. The van der Waals surface area contributed by atoms with Crippen molar-refractivity contribution in [3.05, 3.63) is 28.7 Å². The van der Waals surface area contributed by atoms with Gasteiger partial charge < -0.3 is 5.32 Å². The lowest BCUT2D eigenvalue weighted by atomic mass is 10.5. The molecule has 1 fully saturated rings. The van der Waals surface area contributed by atoms with Crippen LogP contribution in [0.1, 0.15) is 23.5 Å². The van der Waals surface area contributed by atoms with Crippen LogP contribution in [0.15, 0.2) is 18.0 Å². The van der Waals surface area contributed by atoms with Crippen molar-refractivity contribution in [1.29, 1.82) is 0 Å². The average Bonchev–Trinajstić information content (AvgIpc) is 2.78. The number of nitrogens with one attached hydrogen (secondary N) is 1. The Kier molecular flexibility index (Phi) is 2.67. The van der Waals surface area contributed by atoms with E-state index in [1.165, 1.54) is 12.8 Å². The molecule has 0 aromatic carbocycles. The summed E-state index contributed by atoms with van der Waals surface area (Å²) < 4.78 is 1.78. The highest BCUT2D eigenvalue weighted by atomic mass is 32.1. The van der Waals surface area contributed by atoms with E-state index in [2.05, 4.69) is 25.8 Å². The van der Waals surface area contributed by atoms with Crippen molar-refractivity contribution in [3.8, 4) is 0 Å². The van der Waals surface area contributed by atoms with Crippen LogP contribution >= 0.6 is 11.3 Å². The van der Waals surface area contributed by atoms with Crippen LogP contribution in [-0.2, 0) is 13.1 Å². The Bertz CT molecular complexity index is 445. The molecule has 1 saturated carbocycles. The van der Waals surface area contributed by atoms with Crippen LogP contribution in [0.3, 0.4) is 0 Å². The summed E-state index contributed by atoms with van der Waals surface area (Å²) >= 11 is 1.71. The van der Waals surface area contributed by atoms with Crippen molar-refractivity contribution < 1.29 is 0 Å². The third-order valence-electron chi connectivity index (χ3n) is 2.51. The second kappa shape index (κ2) is 4.31. The summed E-state index contributed by atoms with van der Waals surface area (Å²) in [5.74, 6) is 0. The quantitative estimate of drug-likeness (QED) is 0.841. The molecule has 1 aliphatic rings. The molecule has 0 aliphatic heterocycles. The zero-order chi connectivity index (χ0) is 10.8. The lowest BCUT2D eigenvalue weighted by Gasteiger charge is -1.97. The van der Waals surface area contributed by atoms with Crippen molar-refractivity contribution in [1.82, 2.24) is 25.1 Å². The Morgan fingerprint density at radius 2 is 2.44 bits per heavy atom. The predicted molar refractivity (Wildman–Crippen MR) is 61.1 cm³/mol. The number of hydrogen-bond acceptors (Lipinski definition) is 5. The molecular formula is C10H13N5S. The highest BCUT2D eigenvalue weighted by molar-refractivity contribution is 7.09. The predicted octanol–water partition coefficient (Wildman–Crippen LogP) is 1.03. The van der Waals surface area contributed by atoms with Gasteiger partial charge in [-0.1, -0.05) is 0 Å². The Hall–Kier alpha value is -1.27. The van der Waals surface area contributed by atoms with Gasteiger partial charge in [0, 0.05) is 18.0 Å². The number of rotatable bonds is 5. The van der Waals surface area contributed by atoms with E-state index >= 15 is 0 Å². The first-order valence-electron chi connectivity index (χ1n) is 5.39. The maximum Gasteiger partial charge on any atom is 0.137 e. The van der Waals surface area contributed by atoms with Crippen LogP contribution in [0.4, 0.5) is 0 Å². The van der Waals surface area contributed by atoms with Gasteiger partial charge in [0.15, 0.2) is 0 Å². The Labute approximate surface area is 97.5 Å². The smallest absolute Gasteiger partial charge is 0.137 e. The van der Waals surface area contributed by atoms with Gasteiger partial charge in [-0.15, -0.1) is 11.3 Å². The second-order valence-corrected chi connectivity index (χ2v) is 4.92. The standard InChI is InChI=1S/C10H13N5S/c1-2-8(1)12-3-10-14-9(5-16-10)4-15-7-11-6-13-15/h5-8,12H,1-4H2. The minimum atomic E-state index is 0.708. The van der Waals surface area contributed by atoms with E-state index in [9.17, 15) is 0 Å². The molecule has 0 unspecified atom stereocenters. The van der Waals surface area contributed by atoms with Gasteiger partial charge in [-0.25, -0.2) is 14.6 Å². The van der Waals surface area contributed by atoms with E-state index in [-0.39, 0.29) is 0 Å². The molecule has 0 atom stereocenters. The molecule has 3 rings (SSSR count). The molecule has 0 spiro atoms. The maximum atomic E-state index is 4.55. The average molecular weight is 235 g/mol. The molecule has 0 saturated heterocycles. The lowest BCUT2D eigenvalue weighted by molar-refractivity contribution is 0.658. The molecule has 0 bridgehead atoms. The number of hydrogen-bond donors (Lipinski definition) is 1. The summed E-state index contributed by atoms with van der Waals surface area (Å²) in [6.45, 7) is 1.60. The fourth-order valence-corrected chi connectivity index (χ4v) is 2.24. The van der Waals surface area contributed by atoms with Crippen LogP contribution in [0.5, 0.6) is 0 Å². The van der Waals surface area contributed by atoms with Gasteiger partial charge in [-0.3, -0.25) is 0 Å². The lowest BCUT2D eigenvalue weighted by Crippen LogP contribution is -2.15. The number of thiazole rings is 1. The molecule has 0 amide bonds. The first-order chi connectivity index (χ1) is 7.90. The van der Waals surface area contributed by atoms with Crippen LogP contribution in [0, 0.1) is 0 Å². The van der Waals surface area contributed by atoms with Gasteiger partial charge in [0.1, 0.15) is 17.7 Å². The van der Waals surface area contributed by atoms with Gasteiger partial charge >= 0.3 is 0 Å². The molecule has 2 aromatic heterocycles. The van der Waals surface area contributed by atoms with Gasteiger partial charge in [-0.2, -0.15) is 5.10 Å². The van der Waals surface area contributed by atoms with Crippen molar-refractivity contribution in [2.75, 3.05) is 0 Å². The highest BCUT2D eigenvalue weighted by Crippen LogP contribution is 2.20. The number of nitrogens with zero attached hydrogens (tertiary/aromatic N) is 4. The molecule has 1 N–H and O–H groups in total. The van der Waals surface area contributed by atoms with Crippen molar-refractivity contribution in [2.24, 2.45) is 0 Å². The molecule has 5 nitrogen and oxygen atoms in total. The van der Waals surface area contributed by atoms with E-state index in [1.54, 1.807) is 28.7 Å². The third-order valence-corrected chi connectivity index (χ3v) is 3.41. The normalized spacial score (nSPS) is 15.5. The molecule has 0 radical (unpaired) electrons. The summed E-state index contributed by atoms with van der Waals surface area (Å²) in [6, 6.07) is 0.739. The molecule has 1 aliphatic carbocycles. The van der Waals surface area contributed by atoms with Gasteiger partial charge in [-0.05, 0) is 12.8 Å². The third kappa shape index (κ3) is 2.45. The van der Waals surface area contributed by atoms with E-state index in [1.807, 2.05) is 0 Å². The van der Waals surface area contributed by atoms with Crippen LogP contribution in [-0.4, -0.2) is 25.8 Å². The summed E-state index contributed by atoms with van der Waals surface area (Å²) in [6.07, 6.45) is 5.89. The topological polar surface area (TPSA) is 55.6 Å². The molecule has 84 valence electrons. The van der Waals surface area contributed by atoms with Crippen LogP contribution in [0.2, 0.25) is 0 Å². The van der Waals surface area contributed by atoms with E-state index in [4.69, 9.17) is 0 Å². The van der Waals surface area contributed by atoms with E-state index in [0.29, 0.717) is 6.54 Å². The van der Waals surface area contributed by atoms with Crippen molar-refractivity contribution in [3.63, 3.8) is 0 Å².